The van der Waals surface area contributed by atoms with E-state index >= 15 is 0 Å². The van der Waals surface area contributed by atoms with Gasteiger partial charge >= 0.3 is 5.97 Å². The maximum Gasteiger partial charge on any atom is 0.339 e. The Balaban J connectivity index is 2.47. The van der Waals surface area contributed by atoms with Gasteiger partial charge in [0.1, 0.15) is 17.1 Å². The number of rotatable bonds is 4. The monoisotopic (exact) mass is 274 g/mol. The van der Waals surface area contributed by atoms with Crippen molar-refractivity contribution in [2.45, 2.75) is 20.3 Å². The summed E-state index contributed by atoms with van der Waals surface area (Å²) in [5.41, 5.74) is 0.354. The molecular weight excluding hydrogens is 260 g/mol. The lowest BCUT2D eigenvalue weighted by molar-refractivity contribution is 0.0694. The van der Waals surface area contributed by atoms with Crippen molar-refractivity contribution < 1.29 is 14.6 Å². The molecule has 2 N–H and O–H groups in total. The first-order valence-electron chi connectivity index (χ1n) is 6.12. The average Bonchev–Trinajstić information content (AvgIpc) is 2.40. The topological polar surface area (TPSA) is 92.3 Å². The molecule has 2 rings (SSSR count). The predicted octanol–water partition coefficient (Wildman–Crippen LogP) is 2.13. The van der Waals surface area contributed by atoms with Gasteiger partial charge in [-0.25, -0.2) is 4.79 Å². The summed E-state index contributed by atoms with van der Waals surface area (Å²) in [5.74, 6) is -0.329. The smallest absolute Gasteiger partial charge is 0.339 e. The molecule has 0 spiro atoms. The van der Waals surface area contributed by atoms with E-state index in [-0.39, 0.29) is 22.8 Å². The SMILES string of the molecule is CCc1nc(Oc2c(C)cccc2C(=O)O)cc(=O)[nH]1. The molecule has 0 fully saturated rings. The van der Waals surface area contributed by atoms with E-state index in [1.165, 1.54) is 12.1 Å². The minimum Gasteiger partial charge on any atom is -0.478 e. The number of para-hydroxylation sites is 1. The van der Waals surface area contributed by atoms with Crippen LogP contribution in [0.3, 0.4) is 0 Å². The number of aromatic carboxylic acids is 1. The van der Waals surface area contributed by atoms with E-state index in [1.807, 2.05) is 6.92 Å². The number of aromatic amines is 1. The van der Waals surface area contributed by atoms with Crippen molar-refractivity contribution in [3.05, 3.63) is 51.6 Å². The Hall–Kier alpha value is -2.63. The van der Waals surface area contributed by atoms with Crippen LogP contribution < -0.4 is 10.3 Å². The summed E-state index contributed by atoms with van der Waals surface area (Å²) in [6.07, 6.45) is 0.548. The predicted molar refractivity (Wildman–Crippen MR) is 72.4 cm³/mol. The molecule has 1 aromatic heterocycles. The highest BCUT2D eigenvalue weighted by Crippen LogP contribution is 2.27. The zero-order valence-corrected chi connectivity index (χ0v) is 11.1. The number of carboxylic acids is 1. The third-order valence-corrected chi connectivity index (χ3v) is 2.75. The number of benzene rings is 1. The Labute approximate surface area is 115 Å². The van der Waals surface area contributed by atoms with Crippen LogP contribution in [0.5, 0.6) is 11.6 Å². The van der Waals surface area contributed by atoms with Crippen molar-refractivity contribution in [2.75, 3.05) is 0 Å². The summed E-state index contributed by atoms with van der Waals surface area (Å²) in [4.78, 5) is 29.3. The number of hydrogen-bond acceptors (Lipinski definition) is 4. The summed E-state index contributed by atoms with van der Waals surface area (Å²) < 4.78 is 5.51. The van der Waals surface area contributed by atoms with E-state index in [2.05, 4.69) is 9.97 Å². The van der Waals surface area contributed by atoms with Gasteiger partial charge in [0.25, 0.3) is 5.56 Å². The Morgan fingerprint density at radius 2 is 2.20 bits per heavy atom. The van der Waals surface area contributed by atoms with Crippen LogP contribution in [0.15, 0.2) is 29.1 Å². The van der Waals surface area contributed by atoms with Crippen LogP contribution in [-0.2, 0) is 6.42 Å². The molecule has 0 saturated carbocycles. The standard InChI is InChI=1S/C14H14N2O4/c1-3-10-15-11(17)7-12(16-10)20-13-8(2)5-4-6-9(13)14(18)19/h4-7H,3H2,1-2H3,(H,18,19)(H,15,16,17). The summed E-state index contributed by atoms with van der Waals surface area (Å²) >= 11 is 0. The molecule has 0 aliphatic heterocycles. The minimum atomic E-state index is -1.09. The van der Waals surface area contributed by atoms with Crippen LogP contribution in [0.1, 0.15) is 28.7 Å². The van der Waals surface area contributed by atoms with Crippen molar-refractivity contribution in [3.8, 4) is 11.6 Å². The van der Waals surface area contributed by atoms with Gasteiger partial charge in [-0.2, -0.15) is 4.98 Å². The number of ether oxygens (including phenoxy) is 1. The van der Waals surface area contributed by atoms with E-state index in [4.69, 9.17) is 9.84 Å². The Morgan fingerprint density at radius 3 is 2.85 bits per heavy atom. The number of nitrogens with zero attached hydrogens (tertiary/aromatic N) is 1. The lowest BCUT2D eigenvalue weighted by Crippen LogP contribution is -2.11. The fourth-order valence-electron chi connectivity index (χ4n) is 1.76. The highest BCUT2D eigenvalue weighted by atomic mass is 16.5. The largest absolute Gasteiger partial charge is 0.478 e. The molecule has 20 heavy (non-hydrogen) atoms. The van der Waals surface area contributed by atoms with Crippen molar-refractivity contribution in [1.29, 1.82) is 0 Å². The molecule has 6 nitrogen and oxygen atoms in total. The lowest BCUT2D eigenvalue weighted by Gasteiger charge is -2.11. The maximum absolute atomic E-state index is 11.5. The van der Waals surface area contributed by atoms with Gasteiger partial charge < -0.3 is 14.8 Å². The summed E-state index contributed by atoms with van der Waals surface area (Å²) in [7, 11) is 0. The second-order valence-corrected chi connectivity index (χ2v) is 4.24. The zero-order chi connectivity index (χ0) is 14.7. The van der Waals surface area contributed by atoms with Crippen LogP contribution in [0.4, 0.5) is 0 Å². The zero-order valence-electron chi connectivity index (χ0n) is 11.1. The van der Waals surface area contributed by atoms with Gasteiger partial charge in [0, 0.05) is 6.42 Å². The number of carbonyl (C=O) groups is 1. The third-order valence-electron chi connectivity index (χ3n) is 2.75. The molecule has 0 saturated heterocycles. The molecule has 0 radical (unpaired) electrons. The molecule has 0 bridgehead atoms. The third kappa shape index (κ3) is 2.85. The number of H-pyrrole nitrogens is 1. The molecule has 0 amide bonds. The minimum absolute atomic E-state index is 0.0325. The fourth-order valence-corrected chi connectivity index (χ4v) is 1.76. The second-order valence-electron chi connectivity index (χ2n) is 4.24. The molecule has 0 unspecified atom stereocenters. The van der Waals surface area contributed by atoms with E-state index in [0.717, 1.165) is 0 Å². The number of carboxylic acid groups (broad SMARTS) is 1. The van der Waals surface area contributed by atoms with E-state index in [0.29, 0.717) is 17.8 Å². The van der Waals surface area contributed by atoms with Crippen molar-refractivity contribution in [3.63, 3.8) is 0 Å². The highest BCUT2D eigenvalue weighted by Gasteiger charge is 2.15. The molecule has 1 heterocycles. The lowest BCUT2D eigenvalue weighted by atomic mass is 10.1. The van der Waals surface area contributed by atoms with Crippen LogP contribution in [0.2, 0.25) is 0 Å². The molecular formula is C14H14N2O4. The van der Waals surface area contributed by atoms with Crippen molar-refractivity contribution >= 4 is 5.97 Å². The summed E-state index contributed by atoms with van der Waals surface area (Å²) in [6, 6.07) is 6.00. The number of nitrogens with one attached hydrogen (secondary N) is 1. The van der Waals surface area contributed by atoms with Crippen LogP contribution >= 0.6 is 0 Å². The number of aryl methyl sites for hydroxylation is 2. The number of hydrogen-bond donors (Lipinski definition) is 2. The first kappa shape index (κ1) is 13.8. The number of aromatic nitrogens is 2. The molecule has 2 aromatic rings. The van der Waals surface area contributed by atoms with E-state index in [1.54, 1.807) is 19.1 Å². The Bertz CT molecular complexity index is 707. The normalized spacial score (nSPS) is 10.3. The highest BCUT2D eigenvalue weighted by molar-refractivity contribution is 5.91. The van der Waals surface area contributed by atoms with Crippen molar-refractivity contribution in [2.24, 2.45) is 0 Å². The first-order chi connectivity index (χ1) is 9.51. The van der Waals surface area contributed by atoms with Crippen LogP contribution in [0.25, 0.3) is 0 Å². The molecule has 0 aliphatic rings. The van der Waals surface area contributed by atoms with Gasteiger partial charge in [-0.15, -0.1) is 0 Å². The van der Waals surface area contributed by atoms with Gasteiger partial charge in [0.2, 0.25) is 5.88 Å². The van der Waals surface area contributed by atoms with Crippen molar-refractivity contribution in [1.82, 2.24) is 9.97 Å². The van der Waals surface area contributed by atoms with E-state index < -0.39 is 5.97 Å². The quantitative estimate of drug-likeness (QED) is 0.891. The Morgan fingerprint density at radius 1 is 1.45 bits per heavy atom. The Kier molecular flexibility index (Phi) is 3.84. The maximum atomic E-state index is 11.5. The second kappa shape index (κ2) is 5.56. The van der Waals surface area contributed by atoms with Gasteiger partial charge in [-0.05, 0) is 18.6 Å². The fraction of sp³-hybridized carbons (Fsp3) is 0.214. The molecule has 0 aliphatic carbocycles. The molecule has 1 aromatic carbocycles. The average molecular weight is 274 g/mol. The van der Waals surface area contributed by atoms with Gasteiger partial charge in [-0.1, -0.05) is 19.1 Å². The summed E-state index contributed by atoms with van der Waals surface area (Å²) in [5, 5.41) is 9.16. The van der Waals surface area contributed by atoms with E-state index in [9.17, 15) is 9.59 Å². The molecule has 104 valence electrons. The van der Waals surface area contributed by atoms with Crippen LogP contribution in [-0.4, -0.2) is 21.0 Å². The summed E-state index contributed by atoms with van der Waals surface area (Å²) in [6.45, 7) is 3.58. The van der Waals surface area contributed by atoms with Gasteiger partial charge in [0.05, 0.1) is 6.07 Å². The first-order valence-corrected chi connectivity index (χ1v) is 6.12. The van der Waals surface area contributed by atoms with Gasteiger partial charge in [-0.3, -0.25) is 4.79 Å². The van der Waals surface area contributed by atoms with Crippen LogP contribution in [0, 0.1) is 6.92 Å². The molecule has 6 heteroatoms. The van der Waals surface area contributed by atoms with Gasteiger partial charge in [0.15, 0.2) is 0 Å². The molecule has 0 atom stereocenters.